The van der Waals surface area contributed by atoms with Crippen molar-refractivity contribution in [3.8, 4) is 0 Å². The van der Waals surface area contributed by atoms with E-state index in [1.165, 1.54) is 12.0 Å². The Morgan fingerprint density at radius 3 is 2.32 bits per heavy atom. The second kappa shape index (κ2) is 11.8. The molecule has 0 rings (SSSR count). The number of hydrogen-bond acceptors (Lipinski definition) is 5. The molecule has 0 aromatic heterocycles. The van der Waals surface area contributed by atoms with Gasteiger partial charge in [-0.05, 0) is 13.3 Å². The molecule has 0 bridgehead atoms. The third-order valence-electron chi connectivity index (χ3n) is 2.48. The second-order valence-corrected chi connectivity index (χ2v) is 4.05. The first-order chi connectivity index (χ1) is 9.15. The fourth-order valence-corrected chi connectivity index (χ4v) is 1.35. The summed E-state index contributed by atoms with van der Waals surface area (Å²) in [5.41, 5.74) is 0. The van der Waals surface area contributed by atoms with E-state index in [4.69, 9.17) is 14.2 Å². The molecule has 0 aliphatic heterocycles. The van der Waals surface area contributed by atoms with Crippen molar-refractivity contribution in [3.63, 3.8) is 0 Å². The SMILES string of the molecule is CCCCCOC(=O)CN(CC)C(=O)OCCOC. The Labute approximate surface area is 115 Å². The van der Waals surface area contributed by atoms with Crippen LogP contribution in [0, 0.1) is 0 Å². The average molecular weight is 275 g/mol. The lowest BCUT2D eigenvalue weighted by Gasteiger charge is -2.19. The molecule has 0 aromatic rings. The molecule has 1 amide bonds. The maximum atomic E-state index is 11.6. The summed E-state index contributed by atoms with van der Waals surface area (Å²) in [6.45, 7) is 5.11. The zero-order valence-electron chi connectivity index (χ0n) is 12.1. The summed E-state index contributed by atoms with van der Waals surface area (Å²) in [6.07, 6.45) is 2.44. The Morgan fingerprint density at radius 1 is 1.00 bits per heavy atom. The molecule has 6 heteroatoms. The van der Waals surface area contributed by atoms with Crippen molar-refractivity contribution in [2.45, 2.75) is 33.1 Å². The topological polar surface area (TPSA) is 65.1 Å². The van der Waals surface area contributed by atoms with Crippen LogP contribution in [-0.4, -0.2) is 57.0 Å². The first-order valence-corrected chi connectivity index (χ1v) is 6.71. The van der Waals surface area contributed by atoms with E-state index in [0.717, 1.165) is 19.3 Å². The number of nitrogens with zero attached hydrogens (tertiary/aromatic N) is 1. The van der Waals surface area contributed by atoms with Gasteiger partial charge in [0.1, 0.15) is 13.2 Å². The molecular formula is C13H25NO5. The highest BCUT2D eigenvalue weighted by atomic mass is 16.6. The number of unbranched alkanes of at least 4 members (excludes halogenated alkanes) is 2. The van der Waals surface area contributed by atoms with Crippen molar-refractivity contribution in [1.82, 2.24) is 4.90 Å². The number of methoxy groups -OCH3 is 1. The van der Waals surface area contributed by atoms with Crippen LogP contribution in [0.1, 0.15) is 33.1 Å². The number of rotatable bonds is 10. The van der Waals surface area contributed by atoms with Gasteiger partial charge >= 0.3 is 12.1 Å². The molecule has 112 valence electrons. The molecule has 19 heavy (non-hydrogen) atoms. The predicted molar refractivity (Wildman–Crippen MR) is 71.0 cm³/mol. The third-order valence-corrected chi connectivity index (χ3v) is 2.48. The zero-order valence-corrected chi connectivity index (χ0v) is 12.1. The molecule has 0 saturated heterocycles. The Morgan fingerprint density at radius 2 is 1.74 bits per heavy atom. The van der Waals surface area contributed by atoms with Gasteiger partial charge in [0.15, 0.2) is 0 Å². The van der Waals surface area contributed by atoms with Gasteiger partial charge in [-0.2, -0.15) is 0 Å². The first kappa shape index (κ1) is 17.7. The molecule has 0 heterocycles. The monoisotopic (exact) mass is 275 g/mol. The Balaban J connectivity index is 3.89. The van der Waals surface area contributed by atoms with Gasteiger partial charge in [-0.25, -0.2) is 4.79 Å². The number of likely N-dealkylation sites (N-methyl/N-ethyl adjacent to an activating group) is 1. The lowest BCUT2D eigenvalue weighted by molar-refractivity contribution is -0.144. The summed E-state index contributed by atoms with van der Waals surface area (Å²) in [5, 5.41) is 0. The standard InChI is InChI=1S/C13H25NO5/c1-4-6-7-8-18-12(15)11-14(5-2)13(16)19-10-9-17-3/h4-11H2,1-3H3. The molecule has 0 fully saturated rings. The largest absolute Gasteiger partial charge is 0.464 e. The molecule has 0 atom stereocenters. The smallest absolute Gasteiger partial charge is 0.410 e. The van der Waals surface area contributed by atoms with Crippen LogP contribution in [0.2, 0.25) is 0 Å². The minimum Gasteiger partial charge on any atom is -0.464 e. The van der Waals surface area contributed by atoms with Crippen LogP contribution in [0.5, 0.6) is 0 Å². The zero-order chi connectivity index (χ0) is 14.5. The Hall–Kier alpha value is -1.30. The van der Waals surface area contributed by atoms with Crippen LogP contribution in [0.15, 0.2) is 0 Å². The number of ether oxygens (including phenoxy) is 3. The summed E-state index contributed by atoms with van der Waals surface area (Å²) < 4.78 is 14.7. The summed E-state index contributed by atoms with van der Waals surface area (Å²) in [4.78, 5) is 24.4. The predicted octanol–water partition coefficient (Wildman–Crippen LogP) is 1.82. The van der Waals surface area contributed by atoms with Gasteiger partial charge in [0.2, 0.25) is 0 Å². The minimum atomic E-state index is -0.523. The second-order valence-electron chi connectivity index (χ2n) is 4.05. The fourth-order valence-electron chi connectivity index (χ4n) is 1.35. The van der Waals surface area contributed by atoms with Gasteiger partial charge in [-0.3, -0.25) is 9.69 Å². The number of carbonyl (C=O) groups excluding carboxylic acids is 2. The summed E-state index contributed by atoms with van der Waals surface area (Å²) in [5.74, 6) is -0.401. The number of esters is 1. The van der Waals surface area contributed by atoms with Crippen molar-refractivity contribution in [2.24, 2.45) is 0 Å². The van der Waals surface area contributed by atoms with Crippen molar-refractivity contribution in [1.29, 1.82) is 0 Å². The van der Waals surface area contributed by atoms with Gasteiger partial charge in [-0.15, -0.1) is 0 Å². The molecule has 0 saturated carbocycles. The summed E-state index contributed by atoms with van der Waals surface area (Å²) in [6, 6.07) is 0. The average Bonchev–Trinajstić information content (AvgIpc) is 2.41. The molecule has 0 aliphatic carbocycles. The fraction of sp³-hybridized carbons (Fsp3) is 0.846. The van der Waals surface area contributed by atoms with Crippen LogP contribution in [0.3, 0.4) is 0 Å². The lowest BCUT2D eigenvalue weighted by atomic mass is 10.3. The lowest BCUT2D eigenvalue weighted by Crippen LogP contribution is -2.37. The number of carbonyl (C=O) groups is 2. The van der Waals surface area contributed by atoms with Gasteiger partial charge in [0.25, 0.3) is 0 Å². The highest BCUT2D eigenvalue weighted by molar-refractivity contribution is 5.78. The van der Waals surface area contributed by atoms with Crippen LogP contribution in [0.25, 0.3) is 0 Å². The summed E-state index contributed by atoms with van der Waals surface area (Å²) >= 11 is 0. The molecule has 0 spiro atoms. The molecule has 0 unspecified atom stereocenters. The molecule has 6 nitrogen and oxygen atoms in total. The molecule has 0 aromatic carbocycles. The maximum Gasteiger partial charge on any atom is 0.410 e. The molecule has 0 aliphatic rings. The van der Waals surface area contributed by atoms with Gasteiger partial charge in [0, 0.05) is 13.7 Å². The Kier molecular flexibility index (Phi) is 11.0. The minimum absolute atomic E-state index is 0.0750. The normalized spacial score (nSPS) is 10.1. The van der Waals surface area contributed by atoms with Gasteiger partial charge < -0.3 is 14.2 Å². The van der Waals surface area contributed by atoms with Crippen LogP contribution in [0.4, 0.5) is 4.79 Å². The molecular weight excluding hydrogens is 250 g/mol. The van der Waals surface area contributed by atoms with E-state index >= 15 is 0 Å². The van der Waals surface area contributed by atoms with E-state index in [1.54, 1.807) is 6.92 Å². The summed E-state index contributed by atoms with van der Waals surface area (Å²) in [7, 11) is 1.53. The van der Waals surface area contributed by atoms with E-state index in [2.05, 4.69) is 6.92 Å². The number of hydrogen-bond donors (Lipinski definition) is 0. The number of amides is 1. The van der Waals surface area contributed by atoms with E-state index in [1.807, 2.05) is 0 Å². The Bertz CT molecular complexity index is 257. The molecule has 0 radical (unpaired) electrons. The first-order valence-electron chi connectivity index (χ1n) is 6.71. The van der Waals surface area contributed by atoms with Crippen molar-refractivity contribution in [2.75, 3.05) is 40.0 Å². The van der Waals surface area contributed by atoms with Gasteiger partial charge in [0.05, 0.1) is 13.2 Å². The third kappa shape index (κ3) is 9.30. The van der Waals surface area contributed by atoms with Crippen LogP contribution in [-0.2, 0) is 19.0 Å². The van der Waals surface area contributed by atoms with Crippen LogP contribution >= 0.6 is 0 Å². The van der Waals surface area contributed by atoms with E-state index in [0.29, 0.717) is 19.8 Å². The van der Waals surface area contributed by atoms with Gasteiger partial charge in [-0.1, -0.05) is 19.8 Å². The highest BCUT2D eigenvalue weighted by Crippen LogP contribution is 1.98. The van der Waals surface area contributed by atoms with E-state index in [-0.39, 0.29) is 13.2 Å². The maximum absolute atomic E-state index is 11.6. The van der Waals surface area contributed by atoms with Crippen LogP contribution < -0.4 is 0 Å². The quantitative estimate of drug-likeness (QED) is 0.449. The van der Waals surface area contributed by atoms with Crippen molar-refractivity contribution < 1.29 is 23.8 Å². The van der Waals surface area contributed by atoms with E-state index in [9.17, 15) is 9.59 Å². The van der Waals surface area contributed by atoms with E-state index < -0.39 is 12.1 Å². The molecule has 0 N–H and O–H groups in total. The van der Waals surface area contributed by atoms with Crippen molar-refractivity contribution in [3.05, 3.63) is 0 Å². The van der Waals surface area contributed by atoms with Crippen molar-refractivity contribution >= 4 is 12.1 Å². The highest BCUT2D eigenvalue weighted by Gasteiger charge is 2.17.